The fourth-order valence-electron chi connectivity index (χ4n) is 6.14. The number of halogens is 1. The minimum Gasteiger partial charge on any atom is -0.472 e. The number of ether oxygens (including phenoxy) is 2. The summed E-state index contributed by atoms with van der Waals surface area (Å²) in [6, 6.07) is 19.5. The van der Waals surface area contributed by atoms with Gasteiger partial charge in [-0.3, -0.25) is 14.8 Å². The van der Waals surface area contributed by atoms with Crippen LogP contribution in [-0.2, 0) is 24.9 Å². The van der Waals surface area contributed by atoms with Crippen LogP contribution in [0, 0.1) is 31.0 Å². The molecule has 4 aromatic heterocycles. The average molecular weight is 723 g/mol. The maximum absolute atomic E-state index is 14.3. The Hall–Kier alpha value is -5.16. The number of pyridine rings is 1. The predicted octanol–water partition coefficient (Wildman–Crippen LogP) is 7.44. The van der Waals surface area contributed by atoms with Crippen molar-refractivity contribution in [2.24, 2.45) is 7.05 Å². The number of hydrogen-bond acceptors (Lipinski definition) is 10. The van der Waals surface area contributed by atoms with Gasteiger partial charge in [0.25, 0.3) is 0 Å². The third-order valence-electron chi connectivity index (χ3n) is 9.45. The lowest BCUT2D eigenvalue weighted by atomic mass is 9.93. The van der Waals surface area contributed by atoms with Crippen molar-refractivity contribution < 1.29 is 18.7 Å². The van der Waals surface area contributed by atoms with Gasteiger partial charge >= 0.3 is 0 Å². The van der Waals surface area contributed by atoms with Gasteiger partial charge in [-0.05, 0) is 88.7 Å². The monoisotopic (exact) mass is 722 g/mol. The third-order valence-corrected chi connectivity index (χ3v) is 10.6. The van der Waals surface area contributed by atoms with Gasteiger partial charge in [-0.25, -0.2) is 14.4 Å². The topological polar surface area (TPSA) is 134 Å². The fourth-order valence-corrected chi connectivity index (χ4v) is 7.03. The summed E-state index contributed by atoms with van der Waals surface area (Å²) in [5.41, 5.74) is 7.19. The number of piperidine rings is 1. The van der Waals surface area contributed by atoms with E-state index in [0.29, 0.717) is 32.7 Å². The van der Waals surface area contributed by atoms with Gasteiger partial charge in [0.15, 0.2) is 0 Å². The molecule has 2 aliphatic heterocycles. The number of aromatic amines is 1. The van der Waals surface area contributed by atoms with E-state index in [1.54, 1.807) is 19.1 Å². The fraction of sp³-hybridized carbons (Fsp3) is 0.359. The van der Waals surface area contributed by atoms with E-state index in [4.69, 9.17) is 24.7 Å². The highest BCUT2D eigenvalue weighted by Crippen LogP contribution is 2.31. The summed E-state index contributed by atoms with van der Waals surface area (Å²) < 4.78 is 27.0. The first-order valence-electron chi connectivity index (χ1n) is 17.4. The number of H-pyrrole nitrogens is 1. The van der Waals surface area contributed by atoms with Crippen LogP contribution in [0.2, 0.25) is 0 Å². The van der Waals surface area contributed by atoms with Crippen molar-refractivity contribution in [3.8, 4) is 11.9 Å². The van der Waals surface area contributed by atoms with Crippen LogP contribution in [0.15, 0.2) is 54.6 Å². The Morgan fingerprint density at radius 3 is 2.56 bits per heavy atom. The summed E-state index contributed by atoms with van der Waals surface area (Å²) in [6.07, 6.45) is 4.13. The van der Waals surface area contributed by atoms with Gasteiger partial charge < -0.3 is 19.4 Å². The van der Waals surface area contributed by atoms with Crippen LogP contribution in [0.1, 0.15) is 68.1 Å². The maximum atomic E-state index is 14.3. The Morgan fingerprint density at radius 1 is 1.12 bits per heavy atom. The van der Waals surface area contributed by atoms with Crippen LogP contribution >= 0.6 is 11.3 Å². The Kier molecular flexibility index (Phi) is 11.9. The van der Waals surface area contributed by atoms with Gasteiger partial charge in [-0.1, -0.05) is 6.07 Å². The number of hydrogen-bond donors (Lipinski definition) is 2. The van der Waals surface area contributed by atoms with Gasteiger partial charge in [0, 0.05) is 72.9 Å². The molecular weight excluding hydrogens is 680 g/mol. The number of nitrogens with one attached hydrogen (secondary N) is 2. The number of benzene rings is 2. The SMILES string of the molecule is C1COC1.CNc1ccc2c(c1)nc(CN1CCC(c3cccc(OCc4sc(C#N)c(C)c4F)n3)CC1)n2C.Cc1[nH]nc2ccc(C=O)cc12. The first-order chi connectivity index (χ1) is 25.3. The molecule has 52 heavy (non-hydrogen) atoms. The van der Waals surface area contributed by atoms with Gasteiger partial charge in [-0.2, -0.15) is 10.4 Å². The molecule has 0 aliphatic carbocycles. The number of nitriles is 1. The Bertz CT molecular complexity index is 2190. The molecule has 2 saturated heterocycles. The molecule has 0 saturated carbocycles. The van der Waals surface area contributed by atoms with Gasteiger partial charge in [0.05, 0.1) is 28.0 Å². The number of aldehydes is 1. The van der Waals surface area contributed by atoms with E-state index >= 15 is 0 Å². The van der Waals surface area contributed by atoms with Crippen LogP contribution in [0.4, 0.5) is 10.1 Å². The molecule has 11 nitrogen and oxygen atoms in total. The van der Waals surface area contributed by atoms with Crippen molar-refractivity contribution in [3.05, 3.63) is 98.5 Å². The number of anilines is 1. The molecule has 6 heterocycles. The number of aryl methyl sites for hydroxylation is 2. The lowest BCUT2D eigenvalue weighted by Crippen LogP contribution is -2.33. The third kappa shape index (κ3) is 8.48. The van der Waals surface area contributed by atoms with E-state index in [0.717, 1.165) is 108 Å². The molecule has 0 bridgehead atoms. The van der Waals surface area contributed by atoms with Crippen molar-refractivity contribution in [1.82, 2.24) is 29.6 Å². The van der Waals surface area contributed by atoms with Crippen molar-refractivity contribution in [2.45, 2.75) is 52.2 Å². The molecule has 2 aromatic carbocycles. The standard InChI is InChI=1S/C27H29FN6OS.C9H8N2O.C3H6O/c1-17-23(14-29)36-24(27(17)28)16-35-26-6-4-5-20(32-26)18-9-11-34(12-10-18)15-25-31-21-13-19(30-2)7-8-22(21)33(25)3;1-6-8-4-7(5-12)2-3-9(8)11-10-6;1-2-4-3-1/h4-8,13,18,30H,9-12,15-16H2,1-3H3;2-5H,1H3,(H,10,11);1-3H2. The molecule has 8 rings (SSSR count). The second-order valence-electron chi connectivity index (χ2n) is 12.9. The number of fused-ring (bicyclic) bond motifs is 2. The normalized spacial score (nSPS) is 14.5. The van der Waals surface area contributed by atoms with Crippen molar-refractivity contribution >= 4 is 45.2 Å². The molecule has 0 amide bonds. The van der Waals surface area contributed by atoms with E-state index < -0.39 is 0 Å². The molecular formula is C39H43FN8O3S. The lowest BCUT2D eigenvalue weighted by Gasteiger charge is -2.31. The average Bonchev–Trinajstić information content (AvgIpc) is 3.77. The highest BCUT2D eigenvalue weighted by Gasteiger charge is 2.24. The van der Waals surface area contributed by atoms with Gasteiger partial charge in [-0.15, -0.1) is 11.3 Å². The number of aromatic nitrogens is 5. The highest BCUT2D eigenvalue weighted by atomic mass is 32.1. The largest absolute Gasteiger partial charge is 0.472 e. The molecule has 13 heteroatoms. The first-order valence-corrected chi connectivity index (χ1v) is 18.2. The summed E-state index contributed by atoms with van der Waals surface area (Å²) in [5.74, 6) is 1.55. The van der Waals surface area contributed by atoms with Gasteiger partial charge in [0.1, 0.15) is 35.5 Å². The summed E-state index contributed by atoms with van der Waals surface area (Å²) in [5, 5.41) is 20.2. The summed E-state index contributed by atoms with van der Waals surface area (Å²) in [4.78, 5) is 23.3. The Labute approximate surface area is 306 Å². The smallest absolute Gasteiger partial charge is 0.213 e. The van der Waals surface area contributed by atoms with E-state index in [1.807, 2.05) is 44.3 Å². The number of carbonyl (C=O) groups is 1. The number of imidazole rings is 1. The van der Waals surface area contributed by atoms with E-state index in [-0.39, 0.29) is 12.4 Å². The molecule has 2 N–H and O–H groups in total. The minimum absolute atomic E-state index is 0.0712. The Morgan fingerprint density at radius 2 is 1.88 bits per heavy atom. The zero-order chi connectivity index (χ0) is 36.6. The number of nitrogens with zero attached hydrogens (tertiary/aromatic N) is 6. The molecule has 0 unspecified atom stereocenters. The van der Waals surface area contributed by atoms with Crippen LogP contribution in [-0.4, -0.2) is 69.3 Å². The molecule has 6 aromatic rings. The van der Waals surface area contributed by atoms with Crippen LogP contribution in [0.5, 0.6) is 5.88 Å². The molecule has 0 spiro atoms. The van der Waals surface area contributed by atoms with E-state index in [2.05, 4.69) is 50.2 Å². The number of carbonyl (C=O) groups excluding carboxylic acids is 1. The van der Waals surface area contributed by atoms with Crippen LogP contribution in [0.25, 0.3) is 21.9 Å². The number of thiophene rings is 1. The van der Waals surface area contributed by atoms with E-state index in [9.17, 15) is 9.18 Å². The van der Waals surface area contributed by atoms with Crippen molar-refractivity contribution in [1.29, 1.82) is 5.26 Å². The molecule has 0 atom stereocenters. The second-order valence-corrected chi connectivity index (χ2v) is 14.0. The molecule has 270 valence electrons. The first kappa shape index (κ1) is 36.6. The Balaban J connectivity index is 0.000000237. The quantitative estimate of drug-likeness (QED) is 0.154. The lowest BCUT2D eigenvalue weighted by molar-refractivity contribution is 0.0367. The van der Waals surface area contributed by atoms with E-state index in [1.165, 1.54) is 6.42 Å². The zero-order valence-electron chi connectivity index (χ0n) is 29.9. The molecule has 0 radical (unpaired) electrons. The van der Waals surface area contributed by atoms with Crippen LogP contribution in [0.3, 0.4) is 0 Å². The maximum Gasteiger partial charge on any atom is 0.213 e. The molecule has 2 aliphatic rings. The molecule has 2 fully saturated rings. The van der Waals surface area contributed by atoms with Crippen LogP contribution < -0.4 is 10.1 Å². The highest BCUT2D eigenvalue weighted by molar-refractivity contribution is 7.12. The second kappa shape index (κ2) is 16.9. The zero-order valence-corrected chi connectivity index (χ0v) is 30.7. The number of rotatable bonds is 8. The summed E-state index contributed by atoms with van der Waals surface area (Å²) in [6.45, 7) is 8.39. The van der Waals surface area contributed by atoms with Crippen molar-refractivity contribution in [2.75, 3.05) is 38.7 Å². The summed E-state index contributed by atoms with van der Waals surface area (Å²) >= 11 is 1.14. The number of likely N-dealkylation sites (tertiary alicyclic amines) is 1. The minimum atomic E-state index is -0.358. The van der Waals surface area contributed by atoms with Gasteiger partial charge in [0.2, 0.25) is 5.88 Å². The van der Waals surface area contributed by atoms with Crippen molar-refractivity contribution in [3.63, 3.8) is 0 Å². The predicted molar refractivity (Wildman–Crippen MR) is 201 cm³/mol. The summed E-state index contributed by atoms with van der Waals surface area (Å²) in [7, 11) is 4.00.